The molecule has 26 heavy (non-hydrogen) atoms. The Balaban J connectivity index is 1.88. The first-order chi connectivity index (χ1) is 12.7. The zero-order valence-electron chi connectivity index (χ0n) is 14.3. The van der Waals surface area contributed by atoms with Crippen LogP contribution < -0.4 is 26.6 Å². The lowest BCUT2D eigenvalue weighted by Gasteiger charge is -2.04. The van der Waals surface area contributed by atoms with Gasteiger partial charge in [0.25, 0.3) is 11.1 Å². The summed E-state index contributed by atoms with van der Waals surface area (Å²) in [6.07, 6.45) is 8.08. The van der Waals surface area contributed by atoms with Crippen LogP contribution in [0.4, 0.5) is 0 Å². The zero-order valence-corrected chi connectivity index (χ0v) is 14.3. The number of nitrogens with one attached hydrogen (secondary N) is 2. The quantitative estimate of drug-likeness (QED) is 0.641. The molecular weight excluding hydrogens is 334 g/mol. The highest BCUT2D eigenvalue weighted by molar-refractivity contribution is 5.44. The minimum absolute atomic E-state index is 0.120. The molecule has 0 spiro atoms. The van der Waals surface area contributed by atoms with E-state index in [4.69, 9.17) is 9.15 Å². The number of H-pyrrole nitrogens is 2. The molecule has 3 aromatic heterocycles. The first-order valence-corrected chi connectivity index (χ1v) is 8.34. The van der Waals surface area contributed by atoms with Crippen molar-refractivity contribution in [3.63, 3.8) is 0 Å². The maximum Gasteiger partial charge on any atom is 0.272 e. The molecule has 3 heterocycles. The third-order valence-corrected chi connectivity index (χ3v) is 3.63. The molecule has 0 aliphatic heterocycles. The molecule has 7 nitrogen and oxygen atoms in total. The lowest BCUT2D eigenvalue weighted by molar-refractivity contribution is 0.308. The first-order valence-electron chi connectivity index (χ1n) is 8.34. The molecule has 0 saturated heterocycles. The molecule has 134 valence electrons. The number of hydrogen-bond acceptors (Lipinski definition) is 5. The predicted molar refractivity (Wildman–Crippen MR) is 97.4 cm³/mol. The van der Waals surface area contributed by atoms with Crippen molar-refractivity contribution in [2.45, 2.75) is 19.8 Å². The Morgan fingerprint density at radius 3 is 2.50 bits per heavy atom. The van der Waals surface area contributed by atoms with E-state index in [1.54, 1.807) is 30.5 Å². The fourth-order valence-corrected chi connectivity index (χ4v) is 2.26. The Kier molecular flexibility index (Phi) is 5.48. The van der Waals surface area contributed by atoms with Crippen molar-refractivity contribution in [3.8, 4) is 5.75 Å². The molecule has 0 bridgehead atoms. The molecule has 0 radical (unpaired) electrons. The van der Waals surface area contributed by atoms with Crippen LogP contribution in [0.2, 0.25) is 0 Å². The summed E-state index contributed by atoms with van der Waals surface area (Å²) < 4.78 is 10.7. The third-order valence-electron chi connectivity index (χ3n) is 3.63. The van der Waals surface area contributed by atoms with Gasteiger partial charge in [-0.15, -0.1) is 0 Å². The van der Waals surface area contributed by atoms with Crippen molar-refractivity contribution in [2.24, 2.45) is 0 Å². The summed E-state index contributed by atoms with van der Waals surface area (Å²) in [5, 5.41) is 0.244. The van der Waals surface area contributed by atoms with Gasteiger partial charge in [0.15, 0.2) is 0 Å². The van der Waals surface area contributed by atoms with Gasteiger partial charge < -0.3 is 19.1 Å². The number of aromatic amines is 2. The van der Waals surface area contributed by atoms with Crippen molar-refractivity contribution in [2.75, 3.05) is 6.61 Å². The molecule has 0 unspecified atom stereocenters. The van der Waals surface area contributed by atoms with Gasteiger partial charge in [0.1, 0.15) is 22.2 Å². The van der Waals surface area contributed by atoms with Gasteiger partial charge in [-0.25, -0.2) is 0 Å². The van der Waals surface area contributed by atoms with Gasteiger partial charge in [0.2, 0.25) is 0 Å². The lowest BCUT2D eigenvalue weighted by atomic mass is 10.3. The molecule has 0 saturated carbocycles. The van der Waals surface area contributed by atoms with Gasteiger partial charge in [0, 0.05) is 6.08 Å². The standard InChI is InChI=1S/C19H19N3O4/c1-2-3-8-26-15-7-6-13(20-12-15)10-16-18(23)22-17(19(24)21-16)11-14-5-4-9-25-14/h4-7,9-12H,2-3,8H2,1H3,(H,21,24)(H,22,23)/b16-10?,17-11+. The van der Waals surface area contributed by atoms with Gasteiger partial charge in [-0.05, 0) is 36.8 Å². The minimum Gasteiger partial charge on any atom is -0.492 e. The van der Waals surface area contributed by atoms with Crippen LogP contribution in [0, 0.1) is 0 Å². The van der Waals surface area contributed by atoms with Crippen LogP contribution in [0.15, 0.2) is 50.7 Å². The van der Waals surface area contributed by atoms with E-state index in [9.17, 15) is 9.59 Å². The molecule has 0 fully saturated rings. The molecular formula is C19H19N3O4. The summed E-state index contributed by atoms with van der Waals surface area (Å²) in [6.45, 7) is 2.73. The fourth-order valence-electron chi connectivity index (χ4n) is 2.26. The molecule has 2 N–H and O–H groups in total. The van der Waals surface area contributed by atoms with E-state index in [2.05, 4.69) is 21.9 Å². The molecule has 0 amide bonds. The van der Waals surface area contributed by atoms with Gasteiger partial charge in [0.05, 0.1) is 24.8 Å². The topological polar surface area (TPSA) is 101 Å². The second-order valence-corrected chi connectivity index (χ2v) is 5.66. The van der Waals surface area contributed by atoms with E-state index < -0.39 is 11.1 Å². The molecule has 0 aliphatic rings. The van der Waals surface area contributed by atoms with Crippen LogP contribution in [0.25, 0.3) is 12.2 Å². The van der Waals surface area contributed by atoms with Crippen LogP contribution in [-0.4, -0.2) is 21.6 Å². The maximum atomic E-state index is 12.2. The van der Waals surface area contributed by atoms with Gasteiger partial charge in [-0.1, -0.05) is 13.3 Å². The van der Waals surface area contributed by atoms with Crippen LogP contribution in [-0.2, 0) is 0 Å². The number of hydrogen-bond donors (Lipinski definition) is 2. The van der Waals surface area contributed by atoms with E-state index in [1.807, 2.05) is 0 Å². The lowest BCUT2D eigenvalue weighted by Crippen LogP contribution is -2.46. The van der Waals surface area contributed by atoms with Crippen molar-refractivity contribution >= 4 is 12.2 Å². The van der Waals surface area contributed by atoms with Gasteiger partial charge in [-0.2, -0.15) is 0 Å². The Hall–Kier alpha value is -3.35. The molecule has 7 heteroatoms. The summed E-state index contributed by atoms with van der Waals surface area (Å²) >= 11 is 0. The highest BCUT2D eigenvalue weighted by Crippen LogP contribution is 2.09. The van der Waals surface area contributed by atoms with E-state index in [-0.39, 0.29) is 10.7 Å². The predicted octanol–water partition coefficient (Wildman–Crippen LogP) is 0.888. The summed E-state index contributed by atoms with van der Waals surface area (Å²) in [5.74, 6) is 1.14. The van der Waals surface area contributed by atoms with E-state index in [0.29, 0.717) is 23.8 Å². The molecule has 3 aromatic rings. The Labute approximate surface area is 148 Å². The summed E-state index contributed by atoms with van der Waals surface area (Å²) in [7, 11) is 0. The number of aromatic nitrogens is 3. The molecule has 0 aliphatic carbocycles. The summed E-state index contributed by atoms with van der Waals surface area (Å²) in [4.78, 5) is 33.7. The number of rotatable bonds is 6. The first kappa shape index (κ1) is 17.5. The van der Waals surface area contributed by atoms with Crippen LogP contribution in [0.5, 0.6) is 5.75 Å². The summed E-state index contributed by atoms with van der Waals surface area (Å²) in [5.41, 5.74) is -0.309. The number of unbranched alkanes of at least 4 members (excludes halogenated alkanes) is 1. The average Bonchev–Trinajstić information content (AvgIpc) is 3.14. The van der Waals surface area contributed by atoms with E-state index in [0.717, 1.165) is 12.8 Å². The number of ether oxygens (including phenoxy) is 1. The van der Waals surface area contributed by atoms with Crippen LogP contribution in [0.3, 0.4) is 0 Å². The van der Waals surface area contributed by atoms with Crippen molar-refractivity contribution in [1.29, 1.82) is 0 Å². The highest BCUT2D eigenvalue weighted by Gasteiger charge is 1.99. The Bertz CT molecular complexity index is 1080. The van der Waals surface area contributed by atoms with Crippen molar-refractivity contribution in [3.05, 3.63) is 79.6 Å². The maximum absolute atomic E-state index is 12.2. The van der Waals surface area contributed by atoms with Gasteiger partial charge >= 0.3 is 0 Å². The number of nitrogens with zero attached hydrogens (tertiary/aromatic N) is 1. The minimum atomic E-state index is -0.424. The smallest absolute Gasteiger partial charge is 0.272 e. The number of furan rings is 1. The second kappa shape index (κ2) is 8.15. The molecule has 0 aromatic carbocycles. The van der Waals surface area contributed by atoms with E-state index in [1.165, 1.54) is 18.4 Å². The van der Waals surface area contributed by atoms with Crippen molar-refractivity contribution in [1.82, 2.24) is 15.0 Å². The molecule has 3 rings (SSSR count). The average molecular weight is 353 g/mol. The fraction of sp³-hybridized carbons (Fsp3) is 0.211. The second-order valence-electron chi connectivity index (χ2n) is 5.66. The SMILES string of the molecule is CCCCOc1ccc(C=c2[nH]c(=O)/c(=C\c3ccco3)[nH]c2=O)nc1. The number of pyridine rings is 1. The molecule has 0 atom stereocenters. The van der Waals surface area contributed by atoms with E-state index >= 15 is 0 Å². The highest BCUT2D eigenvalue weighted by atomic mass is 16.5. The Morgan fingerprint density at radius 2 is 1.88 bits per heavy atom. The van der Waals surface area contributed by atoms with Gasteiger partial charge in [-0.3, -0.25) is 14.6 Å². The zero-order chi connectivity index (χ0) is 18.4. The normalized spacial score (nSPS) is 12.5. The largest absolute Gasteiger partial charge is 0.492 e. The Morgan fingerprint density at radius 1 is 1.12 bits per heavy atom. The van der Waals surface area contributed by atoms with Crippen molar-refractivity contribution < 1.29 is 9.15 Å². The van der Waals surface area contributed by atoms with Crippen LogP contribution >= 0.6 is 0 Å². The summed E-state index contributed by atoms with van der Waals surface area (Å²) in [6, 6.07) is 6.88. The van der Waals surface area contributed by atoms with Crippen LogP contribution in [0.1, 0.15) is 31.2 Å². The monoisotopic (exact) mass is 353 g/mol. The third kappa shape index (κ3) is 4.38.